The SMILES string of the molecule is CC1(C)CN(C(=O)C2CCCCC2NS(=O)(=O)Cc2ccccc2)CCC1c1ccc(O)cc1. The highest BCUT2D eigenvalue weighted by Gasteiger charge is 2.42. The molecular weight excluding hydrogens is 448 g/mol. The zero-order valence-electron chi connectivity index (χ0n) is 20.1. The van der Waals surface area contributed by atoms with E-state index in [2.05, 4.69) is 18.6 Å². The lowest BCUT2D eigenvalue weighted by Gasteiger charge is -2.46. The molecule has 2 N–H and O–H groups in total. The second-order valence-corrected chi connectivity index (χ2v) is 12.3. The summed E-state index contributed by atoms with van der Waals surface area (Å²) in [7, 11) is -3.54. The number of sulfonamides is 1. The largest absolute Gasteiger partial charge is 0.508 e. The minimum absolute atomic E-state index is 0.0731. The quantitative estimate of drug-likeness (QED) is 0.636. The average molecular weight is 485 g/mol. The predicted molar refractivity (Wildman–Crippen MR) is 134 cm³/mol. The lowest BCUT2D eigenvalue weighted by Crippen LogP contribution is -2.54. The number of rotatable bonds is 6. The van der Waals surface area contributed by atoms with Crippen molar-refractivity contribution in [2.45, 2.75) is 63.7 Å². The first kappa shape index (κ1) is 24.7. The first-order chi connectivity index (χ1) is 16.1. The van der Waals surface area contributed by atoms with Gasteiger partial charge in [0.15, 0.2) is 0 Å². The van der Waals surface area contributed by atoms with Crippen LogP contribution in [-0.4, -0.2) is 43.5 Å². The van der Waals surface area contributed by atoms with E-state index < -0.39 is 10.0 Å². The van der Waals surface area contributed by atoms with Gasteiger partial charge in [-0.2, -0.15) is 0 Å². The number of carbonyl (C=O) groups excluding carboxylic acids is 1. The fourth-order valence-electron chi connectivity index (χ4n) is 5.74. The normalized spacial score (nSPS) is 25.1. The second kappa shape index (κ2) is 10.1. The second-order valence-electron chi connectivity index (χ2n) is 10.5. The topological polar surface area (TPSA) is 86.7 Å². The summed E-state index contributed by atoms with van der Waals surface area (Å²) in [5.74, 6) is 0.233. The number of hydrogen-bond donors (Lipinski definition) is 2. The van der Waals surface area contributed by atoms with Crippen LogP contribution in [0, 0.1) is 11.3 Å². The summed E-state index contributed by atoms with van der Waals surface area (Å²) in [6.07, 6.45) is 4.13. The van der Waals surface area contributed by atoms with Crippen molar-refractivity contribution in [2.24, 2.45) is 11.3 Å². The van der Waals surface area contributed by atoms with Crippen LogP contribution in [0.5, 0.6) is 5.75 Å². The molecule has 1 amide bonds. The molecule has 6 nitrogen and oxygen atoms in total. The maximum absolute atomic E-state index is 13.6. The molecule has 7 heteroatoms. The van der Waals surface area contributed by atoms with E-state index >= 15 is 0 Å². The smallest absolute Gasteiger partial charge is 0.227 e. The summed E-state index contributed by atoms with van der Waals surface area (Å²) < 4.78 is 28.6. The van der Waals surface area contributed by atoms with E-state index in [0.29, 0.717) is 25.4 Å². The van der Waals surface area contributed by atoms with E-state index in [0.717, 1.165) is 31.2 Å². The Hall–Kier alpha value is -2.38. The number of benzene rings is 2. The van der Waals surface area contributed by atoms with Gasteiger partial charge in [0.1, 0.15) is 5.75 Å². The average Bonchev–Trinajstić information content (AvgIpc) is 2.79. The van der Waals surface area contributed by atoms with E-state index in [-0.39, 0.29) is 34.8 Å². The van der Waals surface area contributed by atoms with Gasteiger partial charge in [-0.25, -0.2) is 13.1 Å². The number of phenols is 1. The molecule has 1 aliphatic heterocycles. The number of nitrogens with zero attached hydrogens (tertiary/aromatic N) is 1. The number of piperidine rings is 1. The molecule has 0 radical (unpaired) electrons. The van der Waals surface area contributed by atoms with Crippen molar-refractivity contribution in [1.29, 1.82) is 0 Å². The van der Waals surface area contributed by atoms with Crippen LogP contribution in [0.25, 0.3) is 0 Å². The lowest BCUT2D eigenvalue weighted by molar-refractivity contribution is -0.140. The molecule has 2 aromatic rings. The Morgan fingerprint density at radius 3 is 2.38 bits per heavy atom. The van der Waals surface area contributed by atoms with E-state index in [9.17, 15) is 18.3 Å². The van der Waals surface area contributed by atoms with Gasteiger partial charge in [-0.3, -0.25) is 4.79 Å². The Bertz CT molecular complexity index is 1080. The highest BCUT2D eigenvalue weighted by atomic mass is 32.2. The molecule has 1 saturated carbocycles. The zero-order valence-corrected chi connectivity index (χ0v) is 20.9. The Labute approximate surface area is 203 Å². The number of carbonyl (C=O) groups is 1. The van der Waals surface area contributed by atoms with Gasteiger partial charge in [-0.15, -0.1) is 0 Å². The summed E-state index contributed by atoms with van der Waals surface area (Å²) in [4.78, 5) is 15.6. The molecule has 3 atom stereocenters. The van der Waals surface area contributed by atoms with Crippen LogP contribution < -0.4 is 4.72 Å². The van der Waals surface area contributed by atoms with Crippen LogP contribution in [-0.2, 0) is 20.6 Å². The Kier molecular flexibility index (Phi) is 7.33. The van der Waals surface area contributed by atoms with Gasteiger partial charge in [0.05, 0.1) is 11.7 Å². The van der Waals surface area contributed by atoms with Crippen LogP contribution in [0.15, 0.2) is 54.6 Å². The first-order valence-corrected chi connectivity index (χ1v) is 13.9. The molecule has 0 spiro atoms. The Balaban J connectivity index is 1.44. The standard InChI is InChI=1S/C27H36N2O4S/c1-27(2)19-29(17-16-24(27)21-12-14-22(30)15-13-21)26(31)23-10-6-7-11-25(23)28-34(32,33)18-20-8-4-3-5-9-20/h3-5,8-9,12-15,23-25,28,30H,6-7,10-11,16-19H2,1-2H3. The third-order valence-electron chi connectivity index (χ3n) is 7.45. The fourth-order valence-corrected chi connectivity index (χ4v) is 7.20. The minimum Gasteiger partial charge on any atom is -0.508 e. The molecule has 34 heavy (non-hydrogen) atoms. The molecule has 184 valence electrons. The van der Waals surface area contributed by atoms with Gasteiger partial charge in [0.25, 0.3) is 0 Å². The molecule has 1 aliphatic carbocycles. The van der Waals surface area contributed by atoms with Gasteiger partial charge in [0, 0.05) is 19.1 Å². The number of likely N-dealkylation sites (tertiary alicyclic amines) is 1. The van der Waals surface area contributed by atoms with Crippen molar-refractivity contribution in [3.05, 3.63) is 65.7 Å². The Morgan fingerprint density at radius 1 is 1.03 bits per heavy atom. The maximum Gasteiger partial charge on any atom is 0.227 e. The number of phenolic OH excluding ortho intramolecular Hbond substituents is 1. The molecule has 2 fully saturated rings. The van der Waals surface area contributed by atoms with Gasteiger partial charge >= 0.3 is 0 Å². The third-order valence-corrected chi connectivity index (χ3v) is 8.83. The highest BCUT2D eigenvalue weighted by Crippen LogP contribution is 2.43. The molecule has 1 saturated heterocycles. The summed E-state index contributed by atoms with van der Waals surface area (Å²) in [5, 5.41) is 9.63. The van der Waals surface area contributed by atoms with Crippen LogP contribution in [0.3, 0.4) is 0 Å². The van der Waals surface area contributed by atoms with E-state index in [1.807, 2.05) is 47.4 Å². The van der Waals surface area contributed by atoms with Crippen LogP contribution in [0.1, 0.15) is 63.0 Å². The summed E-state index contributed by atoms with van der Waals surface area (Å²) >= 11 is 0. The number of hydrogen-bond acceptors (Lipinski definition) is 4. The highest BCUT2D eigenvalue weighted by molar-refractivity contribution is 7.88. The predicted octanol–water partition coefficient (Wildman–Crippen LogP) is 4.41. The van der Waals surface area contributed by atoms with Crippen molar-refractivity contribution in [3.8, 4) is 5.75 Å². The van der Waals surface area contributed by atoms with Crippen molar-refractivity contribution >= 4 is 15.9 Å². The molecule has 2 aromatic carbocycles. The van der Waals surface area contributed by atoms with Crippen molar-refractivity contribution in [2.75, 3.05) is 13.1 Å². The monoisotopic (exact) mass is 484 g/mol. The molecule has 2 aliphatic rings. The fraction of sp³-hybridized carbons (Fsp3) is 0.519. The lowest BCUT2D eigenvalue weighted by atomic mass is 9.70. The molecule has 0 bridgehead atoms. The Morgan fingerprint density at radius 2 is 1.71 bits per heavy atom. The van der Waals surface area contributed by atoms with E-state index in [1.165, 1.54) is 5.56 Å². The maximum atomic E-state index is 13.6. The number of amides is 1. The van der Waals surface area contributed by atoms with Crippen LogP contribution in [0.2, 0.25) is 0 Å². The molecule has 1 heterocycles. The summed E-state index contributed by atoms with van der Waals surface area (Å²) in [5.41, 5.74) is 1.80. The third kappa shape index (κ3) is 5.81. The van der Waals surface area contributed by atoms with E-state index in [1.54, 1.807) is 12.1 Å². The van der Waals surface area contributed by atoms with Crippen LogP contribution >= 0.6 is 0 Å². The molecule has 3 unspecified atom stereocenters. The number of aromatic hydroxyl groups is 1. The van der Waals surface area contributed by atoms with E-state index in [4.69, 9.17) is 0 Å². The van der Waals surface area contributed by atoms with Crippen molar-refractivity contribution < 1.29 is 18.3 Å². The molecular formula is C27H36N2O4S. The van der Waals surface area contributed by atoms with Crippen molar-refractivity contribution in [1.82, 2.24) is 9.62 Å². The number of nitrogens with one attached hydrogen (secondary N) is 1. The first-order valence-electron chi connectivity index (χ1n) is 12.3. The molecule has 4 rings (SSSR count). The minimum atomic E-state index is -3.54. The van der Waals surface area contributed by atoms with Gasteiger partial charge < -0.3 is 10.0 Å². The summed E-state index contributed by atoms with van der Waals surface area (Å²) in [6, 6.07) is 16.2. The van der Waals surface area contributed by atoms with Gasteiger partial charge in [-0.05, 0) is 53.9 Å². The van der Waals surface area contributed by atoms with Crippen molar-refractivity contribution in [3.63, 3.8) is 0 Å². The van der Waals surface area contributed by atoms with Crippen LogP contribution in [0.4, 0.5) is 0 Å². The molecule has 0 aromatic heterocycles. The van der Waals surface area contributed by atoms with Gasteiger partial charge in [-0.1, -0.05) is 69.2 Å². The van der Waals surface area contributed by atoms with Gasteiger partial charge in [0.2, 0.25) is 15.9 Å². The zero-order chi connectivity index (χ0) is 24.3. The summed E-state index contributed by atoms with van der Waals surface area (Å²) in [6.45, 7) is 5.67.